The molecular formula is C10H17ClN4O2S. The van der Waals surface area contributed by atoms with E-state index in [1.54, 1.807) is 6.26 Å². The Morgan fingerprint density at radius 3 is 2.72 bits per heavy atom. The van der Waals surface area contributed by atoms with Crippen molar-refractivity contribution in [2.24, 2.45) is 0 Å². The number of aromatic nitrogens is 3. The third-order valence-corrected chi connectivity index (χ3v) is 2.85. The number of hydrogen-bond acceptors (Lipinski definition) is 6. The number of hydrogen-bond donors (Lipinski definition) is 1. The molecule has 1 heterocycles. The number of halogens is 1. The molecule has 1 unspecified atom stereocenters. The van der Waals surface area contributed by atoms with Crippen LogP contribution in [0.2, 0.25) is 5.28 Å². The highest BCUT2D eigenvalue weighted by Gasteiger charge is 2.07. The lowest BCUT2D eigenvalue weighted by atomic mass is 10.5. The van der Waals surface area contributed by atoms with Gasteiger partial charge in [-0.1, -0.05) is 0 Å². The molecule has 1 atom stereocenters. The van der Waals surface area contributed by atoms with Crippen LogP contribution in [0.1, 0.15) is 20.3 Å². The summed E-state index contributed by atoms with van der Waals surface area (Å²) in [5.74, 6) is 1.01. The van der Waals surface area contributed by atoms with Gasteiger partial charge in [0.2, 0.25) is 11.2 Å². The molecule has 0 bridgehead atoms. The molecule has 0 amide bonds. The third-order valence-electron chi connectivity index (χ3n) is 1.82. The second-order valence-electron chi connectivity index (χ2n) is 3.93. The second-order valence-corrected chi connectivity index (χ2v) is 5.83. The maximum atomic E-state index is 10.9. The Morgan fingerprint density at radius 2 is 2.11 bits per heavy atom. The van der Waals surface area contributed by atoms with Gasteiger partial charge in [-0.3, -0.25) is 4.21 Å². The lowest BCUT2D eigenvalue weighted by Crippen LogP contribution is -2.13. The summed E-state index contributed by atoms with van der Waals surface area (Å²) in [6, 6.07) is 0.201. The summed E-state index contributed by atoms with van der Waals surface area (Å²) in [7, 11) is -0.784. The minimum Gasteiger partial charge on any atom is -0.461 e. The van der Waals surface area contributed by atoms with Gasteiger partial charge in [0.1, 0.15) is 0 Å². The quantitative estimate of drug-likeness (QED) is 0.767. The fourth-order valence-corrected chi connectivity index (χ4v) is 1.85. The zero-order valence-electron chi connectivity index (χ0n) is 10.6. The molecule has 0 saturated heterocycles. The fourth-order valence-electron chi connectivity index (χ4n) is 1.15. The van der Waals surface area contributed by atoms with Crippen molar-refractivity contribution in [2.75, 3.05) is 23.9 Å². The van der Waals surface area contributed by atoms with Crippen LogP contribution in [0, 0.1) is 0 Å². The first-order valence-electron chi connectivity index (χ1n) is 5.59. The first-order valence-corrected chi connectivity index (χ1v) is 7.70. The van der Waals surface area contributed by atoms with Crippen molar-refractivity contribution < 1.29 is 8.95 Å². The number of nitrogens with zero attached hydrogens (tertiary/aromatic N) is 3. The lowest BCUT2D eigenvalue weighted by molar-refractivity contribution is 0.222. The number of nitrogens with one attached hydrogen (secondary N) is 1. The molecule has 0 aliphatic rings. The van der Waals surface area contributed by atoms with Gasteiger partial charge in [-0.15, -0.1) is 0 Å². The highest BCUT2D eigenvalue weighted by Crippen LogP contribution is 2.12. The van der Waals surface area contributed by atoms with Crippen LogP contribution < -0.4 is 10.1 Å². The molecule has 1 aromatic heterocycles. The van der Waals surface area contributed by atoms with Crippen molar-refractivity contribution in [3.63, 3.8) is 0 Å². The summed E-state index contributed by atoms with van der Waals surface area (Å²) >= 11 is 5.77. The standard InChI is InChI=1S/C10H17ClN4O2S/c1-7(2)17-10-14-8(11)13-9(15-10)12-5-4-6-18(3)16/h7H,4-6H2,1-3H3,(H,12,13,14,15). The molecule has 0 radical (unpaired) electrons. The van der Waals surface area contributed by atoms with Gasteiger partial charge in [0.25, 0.3) is 0 Å². The molecule has 0 fully saturated rings. The molecule has 0 aliphatic carbocycles. The van der Waals surface area contributed by atoms with E-state index in [4.69, 9.17) is 16.3 Å². The summed E-state index contributed by atoms with van der Waals surface area (Å²) < 4.78 is 16.2. The van der Waals surface area contributed by atoms with Crippen molar-refractivity contribution in [1.29, 1.82) is 0 Å². The second kappa shape index (κ2) is 7.48. The van der Waals surface area contributed by atoms with Crippen LogP contribution in [0.15, 0.2) is 0 Å². The van der Waals surface area contributed by atoms with Gasteiger partial charge in [0.15, 0.2) is 0 Å². The van der Waals surface area contributed by atoms with E-state index in [0.29, 0.717) is 18.2 Å². The van der Waals surface area contributed by atoms with Gasteiger partial charge in [-0.05, 0) is 31.9 Å². The molecular weight excluding hydrogens is 276 g/mol. The van der Waals surface area contributed by atoms with Gasteiger partial charge in [0.05, 0.1) is 6.10 Å². The third kappa shape index (κ3) is 6.11. The fraction of sp³-hybridized carbons (Fsp3) is 0.700. The molecule has 0 saturated carbocycles. The van der Waals surface area contributed by atoms with Gasteiger partial charge >= 0.3 is 6.01 Å². The molecule has 6 nitrogen and oxygen atoms in total. The number of ether oxygens (including phenoxy) is 1. The summed E-state index contributed by atoms with van der Waals surface area (Å²) in [4.78, 5) is 11.9. The van der Waals surface area contributed by atoms with Crippen molar-refractivity contribution in [1.82, 2.24) is 15.0 Å². The highest BCUT2D eigenvalue weighted by molar-refractivity contribution is 7.84. The highest BCUT2D eigenvalue weighted by atomic mass is 35.5. The van der Waals surface area contributed by atoms with E-state index in [1.165, 1.54) is 0 Å². The molecule has 102 valence electrons. The first kappa shape index (κ1) is 15.1. The largest absolute Gasteiger partial charge is 0.461 e. The van der Waals surface area contributed by atoms with Gasteiger partial charge in [0, 0.05) is 29.4 Å². The average Bonchev–Trinajstić information content (AvgIpc) is 2.22. The maximum absolute atomic E-state index is 10.9. The van der Waals surface area contributed by atoms with E-state index in [1.807, 2.05) is 13.8 Å². The van der Waals surface area contributed by atoms with Crippen LogP contribution in [0.25, 0.3) is 0 Å². The van der Waals surface area contributed by atoms with E-state index in [0.717, 1.165) is 6.42 Å². The van der Waals surface area contributed by atoms with Crippen LogP contribution in [-0.2, 0) is 10.8 Å². The van der Waals surface area contributed by atoms with Crippen LogP contribution in [0.4, 0.5) is 5.95 Å². The average molecular weight is 293 g/mol. The molecule has 0 aliphatic heterocycles. The maximum Gasteiger partial charge on any atom is 0.322 e. The van der Waals surface area contributed by atoms with E-state index < -0.39 is 10.8 Å². The Morgan fingerprint density at radius 1 is 1.39 bits per heavy atom. The summed E-state index contributed by atoms with van der Waals surface area (Å²) in [5, 5.41) is 3.08. The minimum atomic E-state index is -0.784. The van der Waals surface area contributed by atoms with E-state index in [2.05, 4.69) is 20.3 Å². The van der Waals surface area contributed by atoms with Crippen LogP contribution >= 0.6 is 11.6 Å². The molecule has 0 aromatic carbocycles. The smallest absolute Gasteiger partial charge is 0.322 e. The van der Waals surface area contributed by atoms with E-state index in [-0.39, 0.29) is 17.4 Å². The minimum absolute atomic E-state index is 0.0289. The molecule has 18 heavy (non-hydrogen) atoms. The normalized spacial score (nSPS) is 12.5. The summed E-state index contributed by atoms with van der Waals surface area (Å²) in [6.07, 6.45) is 2.42. The predicted molar refractivity (Wildman–Crippen MR) is 72.6 cm³/mol. The van der Waals surface area contributed by atoms with E-state index >= 15 is 0 Å². The molecule has 1 rings (SSSR count). The van der Waals surface area contributed by atoms with Crippen molar-refractivity contribution in [3.05, 3.63) is 5.28 Å². The molecule has 8 heteroatoms. The van der Waals surface area contributed by atoms with E-state index in [9.17, 15) is 4.21 Å². The Hall–Kier alpha value is -0.950. The zero-order valence-corrected chi connectivity index (χ0v) is 12.2. The summed E-state index contributed by atoms with van der Waals surface area (Å²) in [6.45, 7) is 4.38. The molecule has 1 N–H and O–H groups in total. The topological polar surface area (TPSA) is 77.0 Å². The SMILES string of the molecule is CC(C)Oc1nc(Cl)nc(NCCCS(C)=O)n1. The number of rotatable bonds is 7. The number of anilines is 1. The predicted octanol–water partition coefficient (Wildman–Crippen LogP) is 1.49. The molecule has 0 spiro atoms. The monoisotopic (exact) mass is 292 g/mol. The van der Waals surface area contributed by atoms with Gasteiger partial charge < -0.3 is 10.1 Å². The van der Waals surface area contributed by atoms with Crippen LogP contribution in [0.5, 0.6) is 6.01 Å². The van der Waals surface area contributed by atoms with Crippen molar-refractivity contribution in [2.45, 2.75) is 26.4 Å². The summed E-state index contributed by atoms with van der Waals surface area (Å²) in [5.41, 5.74) is 0. The Labute approximate surface area is 114 Å². The Balaban J connectivity index is 2.54. The van der Waals surface area contributed by atoms with Crippen molar-refractivity contribution in [3.8, 4) is 6.01 Å². The zero-order chi connectivity index (χ0) is 13.5. The van der Waals surface area contributed by atoms with Crippen molar-refractivity contribution >= 4 is 28.3 Å². The Bertz CT molecular complexity index is 417. The lowest BCUT2D eigenvalue weighted by Gasteiger charge is -2.09. The first-order chi connectivity index (χ1) is 8.47. The van der Waals surface area contributed by atoms with Crippen LogP contribution in [0.3, 0.4) is 0 Å². The Kier molecular flexibility index (Phi) is 6.28. The van der Waals surface area contributed by atoms with Crippen LogP contribution in [-0.4, -0.2) is 43.8 Å². The van der Waals surface area contributed by atoms with Gasteiger partial charge in [-0.2, -0.15) is 15.0 Å². The van der Waals surface area contributed by atoms with Gasteiger partial charge in [-0.25, -0.2) is 0 Å². The molecule has 1 aromatic rings.